The van der Waals surface area contributed by atoms with E-state index in [1.807, 2.05) is 6.08 Å². The predicted octanol–water partition coefficient (Wildman–Crippen LogP) is 0.187. The Hall–Kier alpha value is -0.870. The van der Waals surface area contributed by atoms with Crippen LogP contribution in [0.1, 0.15) is 20.3 Å². The summed E-state index contributed by atoms with van der Waals surface area (Å²) in [6, 6.07) is 0. The van der Waals surface area contributed by atoms with Crippen LogP contribution in [0.5, 0.6) is 0 Å². The van der Waals surface area contributed by atoms with Gasteiger partial charge in [-0.1, -0.05) is 11.6 Å². The van der Waals surface area contributed by atoms with Crippen molar-refractivity contribution in [3.63, 3.8) is 0 Å². The third-order valence-electron chi connectivity index (χ3n) is 2.12. The molecule has 0 spiro atoms. The van der Waals surface area contributed by atoms with Crippen LogP contribution in [0.4, 0.5) is 0 Å². The van der Waals surface area contributed by atoms with Crippen LogP contribution in [0.3, 0.4) is 0 Å². The Kier molecular flexibility index (Phi) is 3.66. The van der Waals surface area contributed by atoms with Crippen molar-refractivity contribution < 1.29 is 9.53 Å². The molecule has 1 aliphatic heterocycles. The van der Waals surface area contributed by atoms with Crippen LogP contribution in [0.15, 0.2) is 11.6 Å². The summed E-state index contributed by atoms with van der Waals surface area (Å²) in [4.78, 5) is 11.4. The largest absolute Gasteiger partial charge is 0.377 e. The number of carbonyl (C=O) groups is 1. The van der Waals surface area contributed by atoms with Gasteiger partial charge in [0.25, 0.3) is 0 Å². The van der Waals surface area contributed by atoms with Crippen LogP contribution >= 0.6 is 0 Å². The Morgan fingerprint density at radius 1 is 1.71 bits per heavy atom. The van der Waals surface area contributed by atoms with Gasteiger partial charge in [0.15, 0.2) is 0 Å². The fourth-order valence-corrected chi connectivity index (χ4v) is 1.15. The van der Waals surface area contributed by atoms with Crippen molar-refractivity contribution >= 4 is 5.91 Å². The molecule has 0 radical (unpaired) electrons. The third kappa shape index (κ3) is 3.47. The Bertz CT molecular complexity index is 241. The normalized spacial score (nSPS) is 17.5. The van der Waals surface area contributed by atoms with Gasteiger partial charge >= 0.3 is 0 Å². The highest BCUT2D eigenvalue weighted by atomic mass is 16.5. The number of hydrogen-bond acceptors (Lipinski definition) is 3. The summed E-state index contributed by atoms with van der Waals surface area (Å²) >= 11 is 0. The van der Waals surface area contributed by atoms with Gasteiger partial charge in [-0.3, -0.25) is 4.79 Å². The number of hydrogen-bond donors (Lipinski definition) is 2. The Balaban J connectivity index is 2.33. The first kappa shape index (κ1) is 11.2. The first-order chi connectivity index (χ1) is 6.50. The maximum absolute atomic E-state index is 11.4. The van der Waals surface area contributed by atoms with Gasteiger partial charge < -0.3 is 15.8 Å². The molecule has 0 saturated carbocycles. The van der Waals surface area contributed by atoms with Gasteiger partial charge in [-0.25, -0.2) is 0 Å². The smallest absolute Gasteiger partial charge is 0.239 e. The van der Waals surface area contributed by atoms with E-state index in [1.54, 1.807) is 13.8 Å². The van der Waals surface area contributed by atoms with E-state index in [0.29, 0.717) is 13.2 Å². The summed E-state index contributed by atoms with van der Waals surface area (Å²) in [7, 11) is 0. The molecule has 3 N–H and O–H groups in total. The van der Waals surface area contributed by atoms with E-state index >= 15 is 0 Å². The summed E-state index contributed by atoms with van der Waals surface area (Å²) < 4.78 is 5.16. The molecule has 0 aromatic carbocycles. The highest BCUT2D eigenvalue weighted by Gasteiger charge is 2.21. The van der Waals surface area contributed by atoms with Crippen LogP contribution in [-0.2, 0) is 9.53 Å². The standard InChI is InChI=1S/C10H18N2O2/c1-10(2,11)9(13)12-7-8-3-5-14-6-4-8/h3H,4-7,11H2,1-2H3,(H,12,13). The summed E-state index contributed by atoms with van der Waals surface area (Å²) in [5.74, 6) is -0.120. The first-order valence-electron chi connectivity index (χ1n) is 4.83. The summed E-state index contributed by atoms with van der Waals surface area (Å²) in [6.45, 7) is 5.37. The molecule has 0 aromatic rings. The van der Waals surface area contributed by atoms with Crippen LogP contribution in [0.25, 0.3) is 0 Å². The SMILES string of the molecule is CC(C)(N)C(=O)NCC1=CCOCC1. The fraction of sp³-hybridized carbons (Fsp3) is 0.700. The van der Waals surface area contributed by atoms with E-state index in [2.05, 4.69) is 5.32 Å². The van der Waals surface area contributed by atoms with E-state index in [0.717, 1.165) is 13.0 Å². The quantitative estimate of drug-likeness (QED) is 0.636. The van der Waals surface area contributed by atoms with Crippen molar-refractivity contribution in [2.45, 2.75) is 25.8 Å². The van der Waals surface area contributed by atoms with Gasteiger partial charge in [-0.15, -0.1) is 0 Å². The lowest BCUT2D eigenvalue weighted by Crippen LogP contribution is -2.49. The Morgan fingerprint density at radius 2 is 2.43 bits per heavy atom. The second-order valence-corrected chi connectivity index (χ2v) is 4.09. The summed E-state index contributed by atoms with van der Waals surface area (Å²) in [5, 5.41) is 2.80. The minimum atomic E-state index is -0.800. The van der Waals surface area contributed by atoms with Gasteiger partial charge in [0.2, 0.25) is 5.91 Å². The molecule has 0 saturated heterocycles. The van der Waals surface area contributed by atoms with E-state index in [9.17, 15) is 4.79 Å². The zero-order valence-electron chi connectivity index (χ0n) is 8.80. The molecule has 0 fully saturated rings. The molecule has 0 atom stereocenters. The predicted molar refractivity (Wildman–Crippen MR) is 54.8 cm³/mol. The lowest BCUT2D eigenvalue weighted by molar-refractivity contribution is -0.125. The van der Waals surface area contributed by atoms with Crippen molar-refractivity contribution in [2.24, 2.45) is 5.73 Å². The fourth-order valence-electron chi connectivity index (χ4n) is 1.15. The molecule has 14 heavy (non-hydrogen) atoms. The van der Waals surface area contributed by atoms with Crippen molar-refractivity contribution in [2.75, 3.05) is 19.8 Å². The number of amides is 1. The zero-order chi connectivity index (χ0) is 10.6. The highest BCUT2D eigenvalue weighted by molar-refractivity contribution is 5.85. The van der Waals surface area contributed by atoms with Crippen molar-refractivity contribution in [3.05, 3.63) is 11.6 Å². The first-order valence-corrected chi connectivity index (χ1v) is 4.83. The zero-order valence-corrected chi connectivity index (χ0v) is 8.80. The maximum Gasteiger partial charge on any atom is 0.239 e. The number of ether oxygens (including phenoxy) is 1. The molecule has 0 aromatic heterocycles. The van der Waals surface area contributed by atoms with Gasteiger partial charge in [-0.2, -0.15) is 0 Å². The molecular weight excluding hydrogens is 180 g/mol. The monoisotopic (exact) mass is 198 g/mol. The van der Waals surface area contributed by atoms with Gasteiger partial charge in [0, 0.05) is 6.54 Å². The van der Waals surface area contributed by atoms with Gasteiger partial charge in [0.05, 0.1) is 18.8 Å². The molecule has 1 aliphatic rings. The number of nitrogens with two attached hydrogens (primary N) is 1. The average Bonchev–Trinajstić information content (AvgIpc) is 2.14. The van der Waals surface area contributed by atoms with Gasteiger partial charge in [-0.05, 0) is 20.3 Å². The van der Waals surface area contributed by atoms with Gasteiger partial charge in [0.1, 0.15) is 0 Å². The summed E-state index contributed by atoms with van der Waals surface area (Å²) in [5.41, 5.74) is 6.06. The van der Waals surface area contributed by atoms with Crippen molar-refractivity contribution in [3.8, 4) is 0 Å². The highest BCUT2D eigenvalue weighted by Crippen LogP contribution is 2.06. The van der Waals surface area contributed by atoms with Crippen LogP contribution < -0.4 is 11.1 Å². The van der Waals surface area contributed by atoms with E-state index in [4.69, 9.17) is 10.5 Å². The minimum absolute atomic E-state index is 0.120. The van der Waals surface area contributed by atoms with Crippen molar-refractivity contribution in [1.29, 1.82) is 0 Å². The van der Waals surface area contributed by atoms with E-state index < -0.39 is 5.54 Å². The van der Waals surface area contributed by atoms with E-state index in [-0.39, 0.29) is 5.91 Å². The Labute approximate surface area is 84.5 Å². The molecule has 80 valence electrons. The maximum atomic E-state index is 11.4. The summed E-state index contributed by atoms with van der Waals surface area (Å²) in [6.07, 6.45) is 2.90. The molecular formula is C10H18N2O2. The van der Waals surface area contributed by atoms with Crippen LogP contribution in [-0.4, -0.2) is 31.2 Å². The third-order valence-corrected chi connectivity index (χ3v) is 2.12. The number of nitrogens with one attached hydrogen (secondary N) is 1. The number of rotatable bonds is 3. The second-order valence-electron chi connectivity index (χ2n) is 4.09. The van der Waals surface area contributed by atoms with E-state index in [1.165, 1.54) is 5.57 Å². The molecule has 1 heterocycles. The average molecular weight is 198 g/mol. The Morgan fingerprint density at radius 3 is 2.93 bits per heavy atom. The topological polar surface area (TPSA) is 64.4 Å². The lowest BCUT2D eigenvalue weighted by atomic mass is 10.1. The van der Waals surface area contributed by atoms with Crippen LogP contribution in [0.2, 0.25) is 0 Å². The van der Waals surface area contributed by atoms with Crippen LogP contribution in [0, 0.1) is 0 Å². The molecule has 0 aliphatic carbocycles. The number of carbonyl (C=O) groups excluding carboxylic acids is 1. The lowest BCUT2D eigenvalue weighted by Gasteiger charge is -2.19. The molecule has 0 bridgehead atoms. The molecule has 1 amide bonds. The van der Waals surface area contributed by atoms with Crippen molar-refractivity contribution in [1.82, 2.24) is 5.32 Å². The molecule has 0 unspecified atom stereocenters. The molecule has 1 rings (SSSR count). The molecule has 4 nitrogen and oxygen atoms in total. The minimum Gasteiger partial charge on any atom is -0.377 e. The molecule has 4 heteroatoms. The second kappa shape index (κ2) is 4.57.